The molecule has 0 bridgehead atoms. The second kappa shape index (κ2) is 6.40. The predicted octanol–water partition coefficient (Wildman–Crippen LogP) is 2.10. The topological polar surface area (TPSA) is 55.1 Å². The smallest absolute Gasteiger partial charge is 0.251 e. The van der Waals surface area contributed by atoms with Gasteiger partial charge in [-0.05, 0) is 30.9 Å². The van der Waals surface area contributed by atoms with E-state index in [0.717, 1.165) is 17.5 Å². The second-order valence-corrected chi connectivity index (χ2v) is 4.91. The van der Waals surface area contributed by atoms with Crippen molar-refractivity contribution < 1.29 is 4.79 Å². The summed E-state index contributed by atoms with van der Waals surface area (Å²) in [7, 11) is 0. The van der Waals surface area contributed by atoms with Gasteiger partial charge in [0.2, 0.25) is 0 Å². The van der Waals surface area contributed by atoms with E-state index in [9.17, 15) is 4.79 Å². The third-order valence-electron chi connectivity index (χ3n) is 2.69. The number of hydrogen-bond acceptors (Lipinski definition) is 2. The van der Waals surface area contributed by atoms with E-state index in [4.69, 9.17) is 5.73 Å². The van der Waals surface area contributed by atoms with Crippen LogP contribution in [0.3, 0.4) is 0 Å². The number of carbonyl (C=O) groups excluding carboxylic acids is 1. The molecule has 3 nitrogen and oxygen atoms in total. The fourth-order valence-corrected chi connectivity index (χ4v) is 1.84. The summed E-state index contributed by atoms with van der Waals surface area (Å²) < 4.78 is 0. The first-order valence-electron chi connectivity index (χ1n) is 6.10. The van der Waals surface area contributed by atoms with Crippen LogP contribution < -0.4 is 11.1 Å². The number of benzene rings is 1. The van der Waals surface area contributed by atoms with Crippen molar-refractivity contribution >= 4 is 5.91 Å². The second-order valence-electron chi connectivity index (χ2n) is 4.91. The van der Waals surface area contributed by atoms with Crippen molar-refractivity contribution in [2.24, 2.45) is 11.7 Å². The van der Waals surface area contributed by atoms with E-state index in [1.807, 2.05) is 31.2 Å². The largest absolute Gasteiger partial charge is 0.350 e. The average Bonchev–Trinajstić information content (AvgIpc) is 2.25. The molecule has 94 valence electrons. The Hall–Kier alpha value is -1.35. The quantitative estimate of drug-likeness (QED) is 0.819. The van der Waals surface area contributed by atoms with Crippen LogP contribution in [0.15, 0.2) is 24.3 Å². The SMILES string of the molecule is Cc1ccccc1C(=O)NCC(N)CC(C)C. The van der Waals surface area contributed by atoms with Gasteiger partial charge in [0, 0.05) is 18.2 Å². The number of aryl methyl sites for hydroxylation is 1. The zero-order valence-corrected chi connectivity index (χ0v) is 10.9. The first kappa shape index (κ1) is 13.7. The number of nitrogens with two attached hydrogens (primary N) is 1. The van der Waals surface area contributed by atoms with Crippen molar-refractivity contribution in [3.05, 3.63) is 35.4 Å². The zero-order valence-electron chi connectivity index (χ0n) is 10.9. The lowest BCUT2D eigenvalue weighted by molar-refractivity contribution is 0.0949. The molecule has 0 fully saturated rings. The summed E-state index contributed by atoms with van der Waals surface area (Å²) in [6.07, 6.45) is 0.925. The van der Waals surface area contributed by atoms with Gasteiger partial charge in [-0.1, -0.05) is 32.0 Å². The van der Waals surface area contributed by atoms with Gasteiger partial charge in [0.25, 0.3) is 5.91 Å². The molecule has 1 aromatic rings. The fraction of sp³-hybridized carbons (Fsp3) is 0.500. The molecule has 3 N–H and O–H groups in total. The van der Waals surface area contributed by atoms with E-state index >= 15 is 0 Å². The van der Waals surface area contributed by atoms with Gasteiger partial charge in [-0.3, -0.25) is 4.79 Å². The van der Waals surface area contributed by atoms with Gasteiger partial charge < -0.3 is 11.1 Å². The van der Waals surface area contributed by atoms with Crippen LogP contribution in [-0.4, -0.2) is 18.5 Å². The minimum Gasteiger partial charge on any atom is -0.350 e. The van der Waals surface area contributed by atoms with Crippen LogP contribution in [0.1, 0.15) is 36.2 Å². The summed E-state index contributed by atoms with van der Waals surface area (Å²) in [4.78, 5) is 11.9. The van der Waals surface area contributed by atoms with Gasteiger partial charge in [0.05, 0.1) is 0 Å². The number of amides is 1. The Morgan fingerprint density at radius 3 is 2.59 bits per heavy atom. The molecule has 0 aliphatic rings. The molecule has 1 aromatic carbocycles. The molecule has 3 heteroatoms. The Morgan fingerprint density at radius 1 is 1.35 bits per heavy atom. The molecular formula is C14H22N2O. The molecule has 1 atom stereocenters. The van der Waals surface area contributed by atoms with Crippen molar-refractivity contribution in [1.82, 2.24) is 5.32 Å². The van der Waals surface area contributed by atoms with Gasteiger partial charge in [0.1, 0.15) is 0 Å². The van der Waals surface area contributed by atoms with E-state index in [2.05, 4.69) is 19.2 Å². The van der Waals surface area contributed by atoms with E-state index in [1.165, 1.54) is 0 Å². The first-order valence-corrected chi connectivity index (χ1v) is 6.10. The Morgan fingerprint density at radius 2 is 2.00 bits per heavy atom. The van der Waals surface area contributed by atoms with Crippen LogP contribution in [-0.2, 0) is 0 Å². The molecule has 0 aliphatic carbocycles. The van der Waals surface area contributed by atoms with Crippen molar-refractivity contribution in [2.75, 3.05) is 6.54 Å². The average molecular weight is 234 g/mol. The molecule has 1 rings (SSSR count). The lowest BCUT2D eigenvalue weighted by Gasteiger charge is -2.15. The third-order valence-corrected chi connectivity index (χ3v) is 2.69. The Kier molecular flexibility index (Phi) is 5.16. The van der Waals surface area contributed by atoms with Gasteiger partial charge in [-0.25, -0.2) is 0 Å². The fourth-order valence-electron chi connectivity index (χ4n) is 1.84. The van der Waals surface area contributed by atoms with Gasteiger partial charge in [-0.15, -0.1) is 0 Å². The number of hydrogen-bond donors (Lipinski definition) is 2. The molecule has 0 saturated carbocycles. The summed E-state index contributed by atoms with van der Waals surface area (Å²) in [5.74, 6) is 0.516. The summed E-state index contributed by atoms with van der Waals surface area (Å²) in [6, 6.07) is 7.59. The minimum atomic E-state index is -0.0395. The van der Waals surface area contributed by atoms with Crippen molar-refractivity contribution in [1.29, 1.82) is 0 Å². The lowest BCUT2D eigenvalue weighted by atomic mass is 10.0. The van der Waals surface area contributed by atoms with E-state index in [0.29, 0.717) is 12.5 Å². The van der Waals surface area contributed by atoms with Crippen LogP contribution in [0, 0.1) is 12.8 Å². The summed E-state index contributed by atoms with van der Waals surface area (Å²) in [5.41, 5.74) is 7.64. The van der Waals surface area contributed by atoms with Crippen LogP contribution in [0.5, 0.6) is 0 Å². The first-order chi connectivity index (χ1) is 8.00. The Labute approximate surface area is 103 Å². The van der Waals surface area contributed by atoms with Crippen LogP contribution in [0.25, 0.3) is 0 Å². The maximum Gasteiger partial charge on any atom is 0.251 e. The highest BCUT2D eigenvalue weighted by Crippen LogP contribution is 2.07. The van der Waals surface area contributed by atoms with Gasteiger partial charge in [-0.2, -0.15) is 0 Å². The normalized spacial score (nSPS) is 12.5. The van der Waals surface area contributed by atoms with E-state index in [-0.39, 0.29) is 11.9 Å². The Bertz CT molecular complexity index is 374. The molecule has 0 radical (unpaired) electrons. The predicted molar refractivity (Wildman–Crippen MR) is 70.9 cm³/mol. The molecule has 1 unspecified atom stereocenters. The Balaban J connectivity index is 2.48. The van der Waals surface area contributed by atoms with Crippen molar-refractivity contribution in [2.45, 2.75) is 33.2 Å². The van der Waals surface area contributed by atoms with Crippen LogP contribution >= 0.6 is 0 Å². The monoisotopic (exact) mass is 234 g/mol. The molecule has 0 aromatic heterocycles. The molecule has 0 saturated heterocycles. The number of nitrogens with one attached hydrogen (secondary N) is 1. The number of rotatable bonds is 5. The maximum atomic E-state index is 11.9. The van der Waals surface area contributed by atoms with Crippen molar-refractivity contribution in [3.8, 4) is 0 Å². The molecular weight excluding hydrogens is 212 g/mol. The van der Waals surface area contributed by atoms with Crippen LogP contribution in [0.2, 0.25) is 0 Å². The molecule has 17 heavy (non-hydrogen) atoms. The molecule has 0 aliphatic heterocycles. The van der Waals surface area contributed by atoms with Gasteiger partial charge >= 0.3 is 0 Å². The molecule has 0 spiro atoms. The molecule has 0 heterocycles. The lowest BCUT2D eigenvalue weighted by Crippen LogP contribution is -2.38. The highest BCUT2D eigenvalue weighted by molar-refractivity contribution is 5.95. The third kappa shape index (κ3) is 4.57. The highest BCUT2D eigenvalue weighted by atomic mass is 16.1. The highest BCUT2D eigenvalue weighted by Gasteiger charge is 2.10. The standard InChI is InChI=1S/C14H22N2O/c1-10(2)8-12(15)9-16-14(17)13-7-5-4-6-11(13)3/h4-7,10,12H,8-9,15H2,1-3H3,(H,16,17). The zero-order chi connectivity index (χ0) is 12.8. The minimum absolute atomic E-state index is 0.0305. The molecule has 1 amide bonds. The summed E-state index contributed by atoms with van der Waals surface area (Å²) in [5, 5.41) is 2.88. The van der Waals surface area contributed by atoms with Crippen molar-refractivity contribution in [3.63, 3.8) is 0 Å². The van der Waals surface area contributed by atoms with Gasteiger partial charge in [0.15, 0.2) is 0 Å². The van der Waals surface area contributed by atoms with Crippen LogP contribution in [0.4, 0.5) is 0 Å². The maximum absolute atomic E-state index is 11.9. The summed E-state index contributed by atoms with van der Waals surface area (Å²) in [6.45, 7) is 6.72. The van der Waals surface area contributed by atoms with E-state index < -0.39 is 0 Å². The number of carbonyl (C=O) groups is 1. The van der Waals surface area contributed by atoms with E-state index in [1.54, 1.807) is 0 Å². The summed E-state index contributed by atoms with van der Waals surface area (Å²) >= 11 is 0.